The molecule has 0 aliphatic carbocycles. The van der Waals surface area contributed by atoms with Crippen LogP contribution in [0.15, 0.2) is 41.0 Å². The van der Waals surface area contributed by atoms with Crippen LogP contribution >= 0.6 is 0 Å². The van der Waals surface area contributed by atoms with Crippen LogP contribution in [-0.4, -0.2) is 0 Å². The van der Waals surface area contributed by atoms with Crippen molar-refractivity contribution in [2.75, 3.05) is 0 Å². The van der Waals surface area contributed by atoms with E-state index in [4.69, 9.17) is 4.42 Å². The van der Waals surface area contributed by atoms with Gasteiger partial charge in [-0.1, -0.05) is 12.1 Å². The van der Waals surface area contributed by atoms with Gasteiger partial charge in [-0.05, 0) is 18.2 Å². The first-order valence-corrected chi connectivity index (χ1v) is 4.93. The highest BCUT2D eigenvalue weighted by molar-refractivity contribution is 5.18. The molecule has 0 atom stereocenters. The van der Waals surface area contributed by atoms with Gasteiger partial charge in [-0.15, -0.1) is 0 Å². The molecule has 1 N–H and O–H groups in total. The average molecular weight is 223 g/mol. The monoisotopic (exact) mass is 223 g/mol. The van der Waals surface area contributed by atoms with Gasteiger partial charge in [0, 0.05) is 12.1 Å². The van der Waals surface area contributed by atoms with E-state index in [1.54, 1.807) is 18.4 Å². The first-order valence-electron chi connectivity index (χ1n) is 4.93. The molecule has 0 aliphatic heterocycles. The van der Waals surface area contributed by atoms with Gasteiger partial charge in [-0.3, -0.25) is 0 Å². The summed E-state index contributed by atoms with van der Waals surface area (Å²) in [6.07, 6.45) is 1.57. The van der Waals surface area contributed by atoms with Crippen molar-refractivity contribution in [3.05, 3.63) is 59.6 Å². The van der Waals surface area contributed by atoms with Crippen LogP contribution in [-0.2, 0) is 13.1 Å². The van der Waals surface area contributed by atoms with Crippen LogP contribution in [0, 0.1) is 11.6 Å². The van der Waals surface area contributed by atoms with Crippen molar-refractivity contribution >= 4 is 0 Å². The van der Waals surface area contributed by atoms with Crippen LogP contribution in [0.1, 0.15) is 11.3 Å². The molecule has 1 heterocycles. The Morgan fingerprint density at radius 1 is 1.06 bits per heavy atom. The molecule has 0 radical (unpaired) electrons. The van der Waals surface area contributed by atoms with E-state index in [0.29, 0.717) is 12.1 Å². The molecule has 0 aliphatic rings. The molecule has 0 amide bonds. The molecule has 16 heavy (non-hydrogen) atoms. The van der Waals surface area contributed by atoms with Gasteiger partial charge in [0.25, 0.3) is 0 Å². The SMILES string of the molecule is Fc1cccc(CNCc2ccco2)c1F. The molecule has 2 rings (SSSR count). The lowest BCUT2D eigenvalue weighted by atomic mass is 10.2. The number of benzene rings is 1. The van der Waals surface area contributed by atoms with Gasteiger partial charge in [0.05, 0.1) is 12.8 Å². The van der Waals surface area contributed by atoms with Gasteiger partial charge in [-0.25, -0.2) is 8.78 Å². The third-order valence-corrected chi connectivity index (χ3v) is 2.23. The molecule has 4 heteroatoms. The molecule has 0 bridgehead atoms. The zero-order valence-corrected chi connectivity index (χ0v) is 8.54. The van der Waals surface area contributed by atoms with E-state index >= 15 is 0 Å². The summed E-state index contributed by atoms with van der Waals surface area (Å²) in [5.41, 5.74) is 0.312. The summed E-state index contributed by atoms with van der Waals surface area (Å²) < 4.78 is 31.2. The number of hydrogen-bond acceptors (Lipinski definition) is 2. The second-order valence-electron chi connectivity index (χ2n) is 3.40. The van der Waals surface area contributed by atoms with Crippen molar-refractivity contribution in [3.8, 4) is 0 Å². The fourth-order valence-electron chi connectivity index (χ4n) is 1.42. The van der Waals surface area contributed by atoms with Gasteiger partial charge in [0.1, 0.15) is 5.76 Å². The minimum atomic E-state index is -0.822. The van der Waals surface area contributed by atoms with Gasteiger partial charge >= 0.3 is 0 Å². The summed E-state index contributed by atoms with van der Waals surface area (Å²) in [5.74, 6) is -0.858. The molecule has 0 spiro atoms. The van der Waals surface area contributed by atoms with Crippen molar-refractivity contribution in [1.82, 2.24) is 5.32 Å². The molecular formula is C12H11F2NO. The van der Waals surface area contributed by atoms with E-state index in [1.807, 2.05) is 6.07 Å². The summed E-state index contributed by atoms with van der Waals surface area (Å²) in [6, 6.07) is 7.73. The van der Waals surface area contributed by atoms with Gasteiger partial charge in [0.2, 0.25) is 0 Å². The van der Waals surface area contributed by atoms with Gasteiger partial charge in [-0.2, -0.15) is 0 Å². The largest absolute Gasteiger partial charge is 0.468 e. The predicted molar refractivity (Wildman–Crippen MR) is 55.6 cm³/mol. The lowest BCUT2D eigenvalue weighted by molar-refractivity contribution is 0.470. The van der Waals surface area contributed by atoms with Crippen molar-refractivity contribution < 1.29 is 13.2 Å². The minimum Gasteiger partial charge on any atom is -0.468 e. The molecule has 0 saturated carbocycles. The van der Waals surface area contributed by atoms with Crippen molar-refractivity contribution in [3.63, 3.8) is 0 Å². The van der Waals surface area contributed by atoms with Crippen LogP contribution in [0.2, 0.25) is 0 Å². The lowest BCUT2D eigenvalue weighted by Crippen LogP contribution is -2.13. The molecular weight excluding hydrogens is 212 g/mol. The number of halogens is 2. The van der Waals surface area contributed by atoms with E-state index in [9.17, 15) is 8.78 Å². The van der Waals surface area contributed by atoms with Crippen LogP contribution in [0.5, 0.6) is 0 Å². The van der Waals surface area contributed by atoms with E-state index in [1.165, 1.54) is 6.07 Å². The Bertz CT molecular complexity index is 454. The maximum atomic E-state index is 13.2. The molecule has 0 unspecified atom stereocenters. The number of nitrogens with one attached hydrogen (secondary N) is 1. The second kappa shape index (κ2) is 4.90. The fourth-order valence-corrected chi connectivity index (χ4v) is 1.42. The zero-order valence-electron chi connectivity index (χ0n) is 8.54. The second-order valence-corrected chi connectivity index (χ2v) is 3.40. The summed E-state index contributed by atoms with van der Waals surface area (Å²) in [7, 11) is 0. The molecule has 0 fully saturated rings. The maximum absolute atomic E-state index is 13.2. The maximum Gasteiger partial charge on any atom is 0.163 e. The smallest absolute Gasteiger partial charge is 0.163 e. The minimum absolute atomic E-state index is 0.268. The standard InChI is InChI=1S/C12H11F2NO/c13-11-5-1-3-9(12(11)14)7-15-8-10-4-2-6-16-10/h1-6,15H,7-8H2. The first kappa shape index (κ1) is 10.8. The highest BCUT2D eigenvalue weighted by Gasteiger charge is 2.06. The third-order valence-electron chi connectivity index (χ3n) is 2.23. The number of hydrogen-bond donors (Lipinski definition) is 1. The zero-order chi connectivity index (χ0) is 11.4. The van der Waals surface area contributed by atoms with Crippen LogP contribution in [0.4, 0.5) is 8.78 Å². The topological polar surface area (TPSA) is 25.2 Å². The highest BCUT2D eigenvalue weighted by atomic mass is 19.2. The van der Waals surface area contributed by atoms with Crippen molar-refractivity contribution in [2.45, 2.75) is 13.1 Å². The Labute approximate surface area is 91.9 Å². The van der Waals surface area contributed by atoms with E-state index < -0.39 is 11.6 Å². The predicted octanol–water partition coefficient (Wildman–Crippen LogP) is 2.85. The first-order chi connectivity index (χ1) is 7.77. The molecule has 84 valence electrons. The number of rotatable bonds is 4. The van der Waals surface area contributed by atoms with Crippen LogP contribution < -0.4 is 5.32 Å². The molecule has 2 aromatic rings. The van der Waals surface area contributed by atoms with Crippen molar-refractivity contribution in [1.29, 1.82) is 0 Å². The fraction of sp³-hybridized carbons (Fsp3) is 0.167. The highest BCUT2D eigenvalue weighted by Crippen LogP contribution is 2.11. The van der Waals surface area contributed by atoms with Gasteiger partial charge in [0.15, 0.2) is 11.6 Å². The quantitative estimate of drug-likeness (QED) is 0.862. The Kier molecular flexibility index (Phi) is 3.31. The molecule has 1 aromatic heterocycles. The van der Waals surface area contributed by atoms with E-state index in [-0.39, 0.29) is 6.54 Å². The van der Waals surface area contributed by atoms with Crippen molar-refractivity contribution in [2.24, 2.45) is 0 Å². The van der Waals surface area contributed by atoms with Gasteiger partial charge < -0.3 is 9.73 Å². The van der Waals surface area contributed by atoms with Crippen LogP contribution in [0.3, 0.4) is 0 Å². The summed E-state index contributed by atoms with van der Waals surface area (Å²) in [4.78, 5) is 0. The summed E-state index contributed by atoms with van der Waals surface area (Å²) in [5, 5.41) is 2.97. The summed E-state index contributed by atoms with van der Waals surface area (Å²) in [6.45, 7) is 0.757. The average Bonchev–Trinajstić information content (AvgIpc) is 2.77. The lowest BCUT2D eigenvalue weighted by Gasteiger charge is -2.04. The Hall–Kier alpha value is -1.68. The van der Waals surface area contributed by atoms with E-state index in [2.05, 4.69) is 5.32 Å². The van der Waals surface area contributed by atoms with E-state index in [0.717, 1.165) is 11.8 Å². The molecule has 1 aromatic carbocycles. The molecule has 2 nitrogen and oxygen atoms in total. The Balaban J connectivity index is 1.92. The number of furan rings is 1. The summed E-state index contributed by atoms with van der Waals surface area (Å²) >= 11 is 0. The Morgan fingerprint density at radius 2 is 1.94 bits per heavy atom. The van der Waals surface area contributed by atoms with Crippen LogP contribution in [0.25, 0.3) is 0 Å². The normalized spacial score (nSPS) is 10.6. The molecule has 0 saturated heterocycles. The third kappa shape index (κ3) is 2.46. The Morgan fingerprint density at radius 3 is 2.69 bits per heavy atom.